The molecule has 0 aromatic heterocycles. The largest absolute Gasteiger partial charge is 0.416 e. The Hall–Kier alpha value is -3.61. The van der Waals surface area contributed by atoms with E-state index in [0.29, 0.717) is 37.3 Å². The number of hydrogen-bond donors (Lipinski definition) is 0. The standard InChI is InChI=1S/C31H33F3N2O2/c1-30(2,3)25-11-9-24(10-12-25)29(38)36-17-15-35(16-18-36)27-13-7-22(8-14-27)20-28(37)21-23-5-4-6-26(19-23)31(32,33)34/h4-14,19H,15-18,20-21H2,1-3H3. The lowest BCUT2D eigenvalue weighted by atomic mass is 9.86. The summed E-state index contributed by atoms with van der Waals surface area (Å²) < 4.78 is 38.8. The van der Waals surface area contributed by atoms with Crippen molar-refractivity contribution in [3.8, 4) is 0 Å². The molecule has 1 fully saturated rings. The summed E-state index contributed by atoms with van der Waals surface area (Å²) in [6.45, 7) is 9.10. The second-order valence-electron chi connectivity index (χ2n) is 10.9. The van der Waals surface area contributed by atoms with Crippen molar-refractivity contribution < 1.29 is 22.8 Å². The van der Waals surface area contributed by atoms with Crippen LogP contribution in [-0.4, -0.2) is 42.8 Å². The van der Waals surface area contributed by atoms with Gasteiger partial charge in [-0.2, -0.15) is 13.2 Å². The van der Waals surface area contributed by atoms with E-state index in [2.05, 4.69) is 25.7 Å². The van der Waals surface area contributed by atoms with Crippen molar-refractivity contribution in [1.29, 1.82) is 0 Å². The van der Waals surface area contributed by atoms with Crippen molar-refractivity contribution >= 4 is 17.4 Å². The molecule has 1 aliphatic rings. The number of benzene rings is 3. The van der Waals surface area contributed by atoms with Gasteiger partial charge in [-0.3, -0.25) is 9.59 Å². The van der Waals surface area contributed by atoms with Gasteiger partial charge in [-0.15, -0.1) is 0 Å². The summed E-state index contributed by atoms with van der Waals surface area (Å²) in [4.78, 5) is 29.5. The third-order valence-electron chi connectivity index (χ3n) is 6.92. The van der Waals surface area contributed by atoms with E-state index in [9.17, 15) is 22.8 Å². The molecule has 38 heavy (non-hydrogen) atoms. The molecule has 4 nitrogen and oxygen atoms in total. The minimum absolute atomic E-state index is 0.0403. The Morgan fingerprint density at radius 2 is 1.34 bits per heavy atom. The minimum atomic E-state index is -4.43. The number of halogens is 3. The fraction of sp³-hybridized carbons (Fsp3) is 0.355. The van der Waals surface area contributed by atoms with Crippen molar-refractivity contribution in [3.05, 3.63) is 101 Å². The van der Waals surface area contributed by atoms with Gasteiger partial charge in [-0.25, -0.2) is 0 Å². The molecule has 200 valence electrons. The van der Waals surface area contributed by atoms with Crippen LogP contribution in [0.4, 0.5) is 18.9 Å². The van der Waals surface area contributed by atoms with E-state index >= 15 is 0 Å². The minimum Gasteiger partial charge on any atom is -0.368 e. The van der Waals surface area contributed by atoms with E-state index in [1.54, 1.807) is 6.07 Å². The fourth-order valence-electron chi connectivity index (χ4n) is 4.66. The van der Waals surface area contributed by atoms with Crippen molar-refractivity contribution in [2.75, 3.05) is 31.1 Å². The van der Waals surface area contributed by atoms with Gasteiger partial charge in [0.1, 0.15) is 5.78 Å². The molecule has 0 saturated carbocycles. The van der Waals surface area contributed by atoms with Crippen LogP contribution in [0.2, 0.25) is 0 Å². The van der Waals surface area contributed by atoms with Gasteiger partial charge in [-0.1, -0.05) is 63.2 Å². The van der Waals surface area contributed by atoms with Crippen molar-refractivity contribution in [3.63, 3.8) is 0 Å². The second kappa shape index (κ2) is 11.0. The number of piperazine rings is 1. The van der Waals surface area contributed by atoms with E-state index in [1.165, 1.54) is 11.6 Å². The zero-order valence-electron chi connectivity index (χ0n) is 22.0. The van der Waals surface area contributed by atoms with Gasteiger partial charge < -0.3 is 9.80 Å². The molecule has 1 heterocycles. The first-order valence-electron chi connectivity index (χ1n) is 12.8. The molecule has 4 rings (SSSR count). The summed E-state index contributed by atoms with van der Waals surface area (Å²) in [5.74, 6) is -0.0977. The van der Waals surface area contributed by atoms with Crippen LogP contribution in [0.25, 0.3) is 0 Å². The van der Waals surface area contributed by atoms with E-state index in [4.69, 9.17) is 0 Å². The summed E-state index contributed by atoms with van der Waals surface area (Å²) >= 11 is 0. The van der Waals surface area contributed by atoms with E-state index < -0.39 is 11.7 Å². The third kappa shape index (κ3) is 6.82. The van der Waals surface area contributed by atoms with E-state index in [-0.39, 0.29) is 29.9 Å². The van der Waals surface area contributed by atoms with Crippen LogP contribution in [0, 0.1) is 0 Å². The zero-order chi connectivity index (χ0) is 27.5. The van der Waals surface area contributed by atoms with Crippen molar-refractivity contribution in [2.45, 2.75) is 45.2 Å². The molecule has 0 N–H and O–H groups in total. The molecule has 7 heteroatoms. The number of alkyl halides is 3. The summed E-state index contributed by atoms with van der Waals surface area (Å²) in [5.41, 5.74) is 3.38. The second-order valence-corrected chi connectivity index (χ2v) is 10.9. The normalized spacial score (nSPS) is 14.5. The Labute approximate surface area is 222 Å². The first kappa shape index (κ1) is 27.4. The number of Topliss-reactive ketones (excluding diaryl/α,β-unsaturated/α-hetero) is 1. The lowest BCUT2D eigenvalue weighted by Gasteiger charge is -2.36. The summed E-state index contributed by atoms with van der Waals surface area (Å²) in [7, 11) is 0. The molecule has 0 bridgehead atoms. The molecule has 0 spiro atoms. The van der Waals surface area contributed by atoms with Crippen molar-refractivity contribution in [2.24, 2.45) is 0 Å². The molecule has 0 aliphatic carbocycles. The molecule has 3 aromatic rings. The van der Waals surface area contributed by atoms with Crippen LogP contribution in [0.15, 0.2) is 72.8 Å². The maximum Gasteiger partial charge on any atom is 0.416 e. The highest BCUT2D eigenvalue weighted by Gasteiger charge is 2.30. The Balaban J connectivity index is 1.29. The highest BCUT2D eigenvalue weighted by Crippen LogP contribution is 2.30. The number of hydrogen-bond acceptors (Lipinski definition) is 3. The van der Waals surface area contributed by atoms with Gasteiger partial charge >= 0.3 is 6.18 Å². The number of amides is 1. The Kier molecular flexibility index (Phi) is 7.95. The number of rotatable bonds is 6. The summed E-state index contributed by atoms with van der Waals surface area (Å²) in [6.07, 6.45) is -4.31. The quantitative estimate of drug-likeness (QED) is 0.381. The van der Waals surface area contributed by atoms with Gasteiger partial charge in [-0.05, 0) is 52.4 Å². The molecular formula is C31H33F3N2O2. The predicted octanol–water partition coefficient (Wildman–Crippen LogP) is 6.32. The Morgan fingerprint density at radius 3 is 1.92 bits per heavy atom. The maximum atomic E-state index is 13.0. The Morgan fingerprint density at radius 1 is 0.737 bits per heavy atom. The topological polar surface area (TPSA) is 40.6 Å². The average molecular weight is 523 g/mol. The number of carbonyl (C=O) groups excluding carboxylic acids is 2. The Bertz CT molecular complexity index is 1270. The van der Waals surface area contributed by atoms with Gasteiger partial charge in [0.2, 0.25) is 0 Å². The van der Waals surface area contributed by atoms with Crippen LogP contribution in [0.5, 0.6) is 0 Å². The van der Waals surface area contributed by atoms with Crippen LogP contribution < -0.4 is 4.90 Å². The SMILES string of the molecule is CC(C)(C)c1ccc(C(=O)N2CCN(c3ccc(CC(=O)Cc4cccc(C(F)(F)F)c4)cc3)CC2)cc1. The molecule has 1 aliphatic heterocycles. The maximum absolute atomic E-state index is 13.0. The molecule has 1 amide bonds. The van der Waals surface area contributed by atoms with Crippen LogP contribution >= 0.6 is 0 Å². The fourth-order valence-corrected chi connectivity index (χ4v) is 4.66. The molecule has 0 radical (unpaired) electrons. The summed E-state index contributed by atoms with van der Waals surface area (Å²) in [6, 6.07) is 20.4. The first-order valence-corrected chi connectivity index (χ1v) is 12.8. The van der Waals surface area contributed by atoms with Gasteiger partial charge in [0.05, 0.1) is 5.56 Å². The van der Waals surface area contributed by atoms with Gasteiger partial charge in [0.25, 0.3) is 5.91 Å². The zero-order valence-corrected chi connectivity index (χ0v) is 22.0. The molecule has 0 unspecified atom stereocenters. The van der Waals surface area contributed by atoms with Gasteiger partial charge in [0.15, 0.2) is 0 Å². The summed E-state index contributed by atoms with van der Waals surface area (Å²) in [5, 5.41) is 0. The highest BCUT2D eigenvalue weighted by atomic mass is 19.4. The number of nitrogens with zero attached hydrogens (tertiary/aromatic N) is 2. The van der Waals surface area contributed by atoms with E-state index in [0.717, 1.165) is 23.4 Å². The monoisotopic (exact) mass is 522 g/mol. The van der Waals surface area contributed by atoms with Crippen LogP contribution in [-0.2, 0) is 29.2 Å². The first-order chi connectivity index (χ1) is 17.9. The molecule has 0 atom stereocenters. The molecule has 1 saturated heterocycles. The number of ketones is 1. The number of anilines is 1. The van der Waals surface area contributed by atoms with E-state index in [1.807, 2.05) is 53.4 Å². The lowest BCUT2D eigenvalue weighted by Crippen LogP contribution is -2.48. The smallest absolute Gasteiger partial charge is 0.368 e. The highest BCUT2D eigenvalue weighted by molar-refractivity contribution is 5.94. The third-order valence-corrected chi connectivity index (χ3v) is 6.92. The lowest BCUT2D eigenvalue weighted by molar-refractivity contribution is -0.137. The number of carbonyl (C=O) groups is 2. The van der Waals surface area contributed by atoms with Crippen LogP contribution in [0.1, 0.15) is 53.4 Å². The molecule has 3 aromatic carbocycles. The molecular weight excluding hydrogens is 489 g/mol. The average Bonchev–Trinajstić information content (AvgIpc) is 2.88. The van der Waals surface area contributed by atoms with Crippen molar-refractivity contribution in [1.82, 2.24) is 4.90 Å². The van der Waals surface area contributed by atoms with Gasteiger partial charge in [0, 0.05) is 50.3 Å². The van der Waals surface area contributed by atoms with Crippen LogP contribution in [0.3, 0.4) is 0 Å². The predicted molar refractivity (Wildman–Crippen MR) is 144 cm³/mol.